The van der Waals surface area contributed by atoms with Gasteiger partial charge in [0.1, 0.15) is 0 Å². The molecule has 1 aromatic heterocycles. The van der Waals surface area contributed by atoms with E-state index in [1.165, 1.54) is 0 Å². The predicted octanol–water partition coefficient (Wildman–Crippen LogP) is 1.49. The molecule has 3 heteroatoms. The molecule has 0 aromatic carbocycles. The SMILES string of the molecule is Cc1[nH]cnc1C(C)(C)C1(N)CC1. The van der Waals surface area contributed by atoms with Crippen LogP contribution in [0.1, 0.15) is 38.1 Å². The monoisotopic (exact) mass is 179 g/mol. The maximum atomic E-state index is 6.23. The number of hydrogen-bond acceptors (Lipinski definition) is 2. The van der Waals surface area contributed by atoms with Crippen LogP contribution in [0.2, 0.25) is 0 Å². The molecule has 3 N–H and O–H groups in total. The van der Waals surface area contributed by atoms with Crippen LogP contribution in [0, 0.1) is 6.92 Å². The molecule has 72 valence electrons. The van der Waals surface area contributed by atoms with Crippen molar-refractivity contribution >= 4 is 0 Å². The van der Waals surface area contributed by atoms with E-state index >= 15 is 0 Å². The second-order valence-corrected chi connectivity index (χ2v) is 4.66. The lowest BCUT2D eigenvalue weighted by atomic mass is 9.78. The van der Waals surface area contributed by atoms with Crippen LogP contribution in [0.4, 0.5) is 0 Å². The minimum atomic E-state index is -0.0209. The summed E-state index contributed by atoms with van der Waals surface area (Å²) in [6.07, 6.45) is 3.98. The van der Waals surface area contributed by atoms with Crippen molar-refractivity contribution in [1.29, 1.82) is 0 Å². The van der Waals surface area contributed by atoms with Crippen LogP contribution < -0.4 is 5.73 Å². The average Bonchev–Trinajstić information content (AvgIpc) is 2.63. The van der Waals surface area contributed by atoms with Crippen LogP contribution in [0.25, 0.3) is 0 Å². The first-order valence-electron chi connectivity index (χ1n) is 4.77. The van der Waals surface area contributed by atoms with Gasteiger partial charge in [-0.3, -0.25) is 0 Å². The van der Waals surface area contributed by atoms with Crippen molar-refractivity contribution in [2.75, 3.05) is 0 Å². The second kappa shape index (κ2) is 2.35. The molecule has 0 bridgehead atoms. The van der Waals surface area contributed by atoms with Gasteiger partial charge in [0, 0.05) is 16.6 Å². The Morgan fingerprint density at radius 2 is 2.15 bits per heavy atom. The highest BCUT2D eigenvalue weighted by Gasteiger charge is 2.53. The molecule has 1 saturated carbocycles. The molecule has 1 aliphatic carbocycles. The molecule has 3 nitrogen and oxygen atoms in total. The fourth-order valence-electron chi connectivity index (χ4n) is 1.98. The Morgan fingerprint density at radius 3 is 2.54 bits per heavy atom. The maximum absolute atomic E-state index is 6.23. The number of imidazole rings is 1. The van der Waals surface area contributed by atoms with Gasteiger partial charge in [-0.15, -0.1) is 0 Å². The first-order valence-corrected chi connectivity index (χ1v) is 4.77. The van der Waals surface area contributed by atoms with Gasteiger partial charge in [0.25, 0.3) is 0 Å². The highest BCUT2D eigenvalue weighted by Crippen LogP contribution is 2.48. The number of H-pyrrole nitrogens is 1. The van der Waals surface area contributed by atoms with Crippen LogP contribution in [-0.4, -0.2) is 15.5 Å². The van der Waals surface area contributed by atoms with Crippen molar-refractivity contribution in [2.45, 2.75) is 44.6 Å². The summed E-state index contributed by atoms with van der Waals surface area (Å²) in [4.78, 5) is 7.47. The lowest BCUT2D eigenvalue weighted by Crippen LogP contribution is -2.44. The van der Waals surface area contributed by atoms with Gasteiger partial charge in [-0.05, 0) is 19.8 Å². The highest BCUT2D eigenvalue weighted by atomic mass is 14.9. The van der Waals surface area contributed by atoms with Crippen LogP contribution in [0.15, 0.2) is 6.33 Å². The summed E-state index contributed by atoms with van der Waals surface area (Å²) in [6.45, 7) is 6.42. The Balaban J connectivity index is 2.40. The minimum absolute atomic E-state index is 0.00289. The summed E-state index contributed by atoms with van der Waals surface area (Å²) in [5.74, 6) is 0. The molecule has 1 fully saturated rings. The molecule has 0 radical (unpaired) electrons. The first kappa shape index (κ1) is 8.75. The molecule has 13 heavy (non-hydrogen) atoms. The van der Waals surface area contributed by atoms with E-state index in [-0.39, 0.29) is 11.0 Å². The molecule has 1 aromatic rings. The third kappa shape index (κ3) is 1.10. The van der Waals surface area contributed by atoms with E-state index in [0.29, 0.717) is 0 Å². The molecule has 1 heterocycles. The summed E-state index contributed by atoms with van der Waals surface area (Å²) < 4.78 is 0. The molecule has 1 aliphatic rings. The van der Waals surface area contributed by atoms with Gasteiger partial charge in [0.15, 0.2) is 0 Å². The van der Waals surface area contributed by atoms with Gasteiger partial charge in [-0.25, -0.2) is 4.98 Å². The molecular weight excluding hydrogens is 162 g/mol. The third-order valence-electron chi connectivity index (χ3n) is 3.46. The topological polar surface area (TPSA) is 54.7 Å². The number of aryl methyl sites for hydroxylation is 1. The zero-order valence-corrected chi connectivity index (χ0v) is 8.52. The van der Waals surface area contributed by atoms with E-state index in [9.17, 15) is 0 Å². The van der Waals surface area contributed by atoms with E-state index in [2.05, 4.69) is 30.7 Å². The lowest BCUT2D eigenvalue weighted by molar-refractivity contribution is 0.380. The van der Waals surface area contributed by atoms with Crippen molar-refractivity contribution < 1.29 is 0 Å². The van der Waals surface area contributed by atoms with Crippen molar-refractivity contribution in [2.24, 2.45) is 5.73 Å². The lowest BCUT2D eigenvalue weighted by Gasteiger charge is -2.30. The Bertz CT molecular complexity index is 321. The fourth-order valence-corrected chi connectivity index (χ4v) is 1.98. The molecule has 0 aliphatic heterocycles. The van der Waals surface area contributed by atoms with Gasteiger partial charge in [-0.2, -0.15) is 0 Å². The quantitative estimate of drug-likeness (QED) is 0.722. The van der Waals surface area contributed by atoms with Gasteiger partial charge >= 0.3 is 0 Å². The molecule has 0 atom stereocenters. The summed E-state index contributed by atoms with van der Waals surface area (Å²) in [6, 6.07) is 0. The Hall–Kier alpha value is -0.830. The van der Waals surface area contributed by atoms with E-state index in [1.807, 2.05) is 0 Å². The molecule has 0 amide bonds. The number of aromatic nitrogens is 2. The maximum Gasteiger partial charge on any atom is 0.0925 e. The first-order chi connectivity index (χ1) is 5.97. The normalized spacial score (nSPS) is 20.3. The van der Waals surface area contributed by atoms with E-state index in [0.717, 1.165) is 24.2 Å². The Kier molecular flexibility index (Phi) is 1.58. The molecule has 0 unspecified atom stereocenters. The molecular formula is C10H17N3. The van der Waals surface area contributed by atoms with Crippen molar-refractivity contribution in [3.8, 4) is 0 Å². The number of nitrogens with zero attached hydrogens (tertiary/aromatic N) is 1. The van der Waals surface area contributed by atoms with Crippen molar-refractivity contribution in [1.82, 2.24) is 9.97 Å². The predicted molar refractivity (Wildman–Crippen MR) is 52.5 cm³/mol. The largest absolute Gasteiger partial charge is 0.348 e. The van der Waals surface area contributed by atoms with Crippen molar-refractivity contribution in [3.63, 3.8) is 0 Å². The van der Waals surface area contributed by atoms with Gasteiger partial charge in [0.2, 0.25) is 0 Å². The Morgan fingerprint density at radius 1 is 1.54 bits per heavy atom. The number of nitrogens with one attached hydrogen (secondary N) is 1. The van der Waals surface area contributed by atoms with Gasteiger partial charge < -0.3 is 10.7 Å². The second-order valence-electron chi connectivity index (χ2n) is 4.66. The number of rotatable bonds is 2. The van der Waals surface area contributed by atoms with Gasteiger partial charge in [-0.1, -0.05) is 13.8 Å². The summed E-state index contributed by atoms with van der Waals surface area (Å²) in [5.41, 5.74) is 8.47. The van der Waals surface area contributed by atoms with Crippen molar-refractivity contribution in [3.05, 3.63) is 17.7 Å². The van der Waals surface area contributed by atoms with Crippen LogP contribution in [-0.2, 0) is 5.41 Å². The summed E-state index contributed by atoms with van der Waals surface area (Å²) >= 11 is 0. The number of nitrogens with two attached hydrogens (primary N) is 1. The standard InChI is InChI=1S/C10H17N3/c1-7-8(13-6-12-7)9(2,3)10(11)4-5-10/h6H,4-5,11H2,1-3H3,(H,12,13). The van der Waals surface area contributed by atoms with Gasteiger partial charge in [0.05, 0.1) is 12.0 Å². The zero-order chi connectivity index (χ0) is 9.69. The fraction of sp³-hybridized carbons (Fsp3) is 0.700. The summed E-state index contributed by atoms with van der Waals surface area (Å²) in [5, 5.41) is 0. The minimum Gasteiger partial charge on any atom is -0.348 e. The summed E-state index contributed by atoms with van der Waals surface area (Å²) in [7, 11) is 0. The van der Waals surface area contributed by atoms with Crippen LogP contribution in [0.3, 0.4) is 0 Å². The molecule has 0 spiro atoms. The highest BCUT2D eigenvalue weighted by molar-refractivity contribution is 5.29. The molecule has 2 rings (SSSR count). The van der Waals surface area contributed by atoms with Crippen LogP contribution >= 0.6 is 0 Å². The van der Waals surface area contributed by atoms with Crippen LogP contribution in [0.5, 0.6) is 0 Å². The van der Waals surface area contributed by atoms with E-state index in [1.54, 1.807) is 6.33 Å². The number of hydrogen-bond donors (Lipinski definition) is 2. The Labute approximate surface area is 78.7 Å². The van der Waals surface area contributed by atoms with E-state index in [4.69, 9.17) is 5.73 Å². The zero-order valence-electron chi connectivity index (χ0n) is 8.52. The number of aromatic amines is 1. The average molecular weight is 179 g/mol. The van der Waals surface area contributed by atoms with E-state index < -0.39 is 0 Å². The third-order valence-corrected chi connectivity index (χ3v) is 3.46. The molecule has 0 saturated heterocycles. The smallest absolute Gasteiger partial charge is 0.0925 e.